The van der Waals surface area contributed by atoms with Gasteiger partial charge in [-0.1, -0.05) is 30.3 Å². The summed E-state index contributed by atoms with van der Waals surface area (Å²) in [7, 11) is 0. The third kappa shape index (κ3) is 3.73. The molecule has 1 aliphatic heterocycles. The molecule has 7 heteroatoms. The number of para-hydroxylation sites is 1. The van der Waals surface area contributed by atoms with Crippen LogP contribution in [0.25, 0.3) is 22.6 Å². The van der Waals surface area contributed by atoms with Crippen LogP contribution in [0.4, 0.5) is 5.69 Å². The number of carboxylic acid groups (broad SMARTS) is 1. The molecule has 1 aromatic heterocycles. The first kappa shape index (κ1) is 19.1. The molecule has 0 radical (unpaired) electrons. The Labute approximate surface area is 177 Å². The van der Waals surface area contributed by atoms with Gasteiger partial charge in [0.2, 0.25) is 0 Å². The molecule has 130 valence electrons. The number of rotatable bonds is 4. The van der Waals surface area contributed by atoms with Crippen molar-refractivity contribution >= 4 is 69.7 Å². The van der Waals surface area contributed by atoms with E-state index in [1.54, 1.807) is 24.4 Å². The summed E-state index contributed by atoms with van der Waals surface area (Å²) in [6.45, 7) is -0.443. The van der Waals surface area contributed by atoms with E-state index in [0.29, 0.717) is 16.8 Å². The fourth-order valence-electron chi connectivity index (χ4n) is 2.99. The van der Waals surface area contributed by atoms with E-state index >= 15 is 0 Å². The number of nitrogens with one attached hydrogen (secondary N) is 1. The zero-order valence-corrected chi connectivity index (χ0v) is 13.6. The molecule has 2 aromatic carbocycles. The number of ether oxygens (including phenoxy) is 1. The Morgan fingerprint density at radius 1 is 1.15 bits per heavy atom. The van der Waals surface area contributed by atoms with E-state index < -0.39 is 12.6 Å². The van der Waals surface area contributed by atoms with Gasteiger partial charge in [0.15, 0.2) is 6.61 Å². The summed E-state index contributed by atoms with van der Waals surface area (Å²) in [6, 6.07) is 14.6. The molecule has 2 N–H and O–H groups in total. The van der Waals surface area contributed by atoms with Gasteiger partial charge in [0.1, 0.15) is 11.3 Å². The second-order valence-corrected chi connectivity index (χ2v) is 5.79. The van der Waals surface area contributed by atoms with E-state index in [2.05, 4.69) is 10.3 Å². The number of pyridine rings is 1. The number of fused-ring (bicyclic) bond motifs is 2. The summed E-state index contributed by atoms with van der Waals surface area (Å²) in [5.41, 5.74) is 3.56. The van der Waals surface area contributed by atoms with Crippen LogP contribution in [-0.4, -0.2) is 58.1 Å². The molecule has 4 rings (SSSR count). The fourth-order valence-corrected chi connectivity index (χ4v) is 2.99. The third-order valence-electron chi connectivity index (χ3n) is 4.13. The third-order valence-corrected chi connectivity index (χ3v) is 4.13. The summed E-state index contributed by atoms with van der Waals surface area (Å²) < 4.78 is 5.32. The van der Waals surface area contributed by atoms with Crippen molar-refractivity contribution in [3.05, 3.63) is 65.9 Å². The number of hydrogen-bond acceptors (Lipinski definition) is 4. The molecule has 0 fully saturated rings. The summed E-state index contributed by atoms with van der Waals surface area (Å²) in [4.78, 5) is 27.4. The van der Waals surface area contributed by atoms with E-state index in [0.717, 1.165) is 22.2 Å². The number of carbonyl (C=O) groups excluding carboxylic acids is 1. The van der Waals surface area contributed by atoms with Crippen molar-refractivity contribution < 1.29 is 19.4 Å². The number of aliphatic carboxylic acids is 1. The van der Waals surface area contributed by atoms with Crippen LogP contribution >= 0.6 is 0 Å². The molecule has 1 aliphatic rings. The van der Waals surface area contributed by atoms with Crippen molar-refractivity contribution in [3.63, 3.8) is 0 Å². The van der Waals surface area contributed by atoms with Gasteiger partial charge in [-0.3, -0.25) is 9.78 Å². The van der Waals surface area contributed by atoms with Gasteiger partial charge >= 0.3 is 35.5 Å². The Bertz CT molecular complexity index is 1080. The number of aromatic nitrogens is 1. The monoisotopic (exact) mass is 370 g/mol. The van der Waals surface area contributed by atoms with Crippen LogP contribution in [0.5, 0.6) is 5.75 Å². The number of carbonyl (C=O) groups is 2. The first-order valence-electron chi connectivity index (χ1n) is 7.98. The van der Waals surface area contributed by atoms with E-state index in [4.69, 9.17) is 9.84 Å². The summed E-state index contributed by atoms with van der Waals surface area (Å²) >= 11 is 0. The molecule has 0 saturated heterocycles. The van der Waals surface area contributed by atoms with Crippen LogP contribution in [0.2, 0.25) is 0 Å². The van der Waals surface area contributed by atoms with E-state index in [9.17, 15) is 9.59 Å². The number of benzene rings is 2. The van der Waals surface area contributed by atoms with Gasteiger partial charge in [0.25, 0.3) is 5.91 Å². The minimum atomic E-state index is -1.06. The van der Waals surface area contributed by atoms with Crippen LogP contribution in [0.15, 0.2) is 54.7 Å². The van der Waals surface area contributed by atoms with Crippen LogP contribution in [0, 0.1) is 0 Å². The van der Waals surface area contributed by atoms with Crippen molar-refractivity contribution in [2.45, 2.75) is 0 Å². The zero-order chi connectivity index (χ0) is 18.1. The first-order valence-corrected chi connectivity index (χ1v) is 7.98. The van der Waals surface area contributed by atoms with Crippen molar-refractivity contribution in [1.29, 1.82) is 0 Å². The predicted molar refractivity (Wildman–Crippen MR) is 105 cm³/mol. The SMILES string of the molecule is O=C(O)COc1ccc(C=C2C(=O)Nc3ccccc32)c2cccnc12.[NaH]. The van der Waals surface area contributed by atoms with E-state index in [-0.39, 0.29) is 35.5 Å². The van der Waals surface area contributed by atoms with Crippen LogP contribution in [-0.2, 0) is 9.59 Å². The molecule has 0 bridgehead atoms. The molecule has 27 heavy (non-hydrogen) atoms. The summed E-state index contributed by atoms with van der Waals surface area (Å²) in [6.07, 6.45) is 3.43. The molecule has 0 spiro atoms. The molecule has 2 heterocycles. The molecule has 6 nitrogen and oxygen atoms in total. The van der Waals surface area contributed by atoms with Crippen LogP contribution in [0.1, 0.15) is 11.1 Å². The second kappa shape index (κ2) is 7.92. The Hall–Kier alpha value is -2.67. The maximum atomic E-state index is 12.3. The fraction of sp³-hybridized carbons (Fsp3) is 0.0500. The standard InChI is InChI=1S/C20H14N2O4.Na.H/c23-18(24)11-26-17-8-7-12(13-5-3-9-21-19(13)17)10-15-14-4-1-2-6-16(14)22-20(15)25;;/h1-10H,11H2,(H,22,25)(H,23,24);;. The van der Waals surface area contributed by atoms with Gasteiger partial charge in [-0.25, -0.2) is 4.79 Å². The van der Waals surface area contributed by atoms with Gasteiger partial charge in [-0.05, 0) is 29.8 Å². The molecule has 3 aromatic rings. The normalized spacial score (nSPS) is 13.8. The molecule has 0 aliphatic carbocycles. The van der Waals surface area contributed by atoms with Crippen molar-refractivity contribution in [3.8, 4) is 5.75 Å². The molecule has 0 atom stereocenters. The number of hydrogen-bond donors (Lipinski definition) is 2. The van der Waals surface area contributed by atoms with Gasteiger partial charge < -0.3 is 15.2 Å². The Kier molecular flexibility index (Phi) is 5.60. The molecule has 0 unspecified atom stereocenters. The summed E-state index contributed by atoms with van der Waals surface area (Å²) in [5.74, 6) is -0.824. The number of anilines is 1. The second-order valence-electron chi connectivity index (χ2n) is 5.79. The first-order chi connectivity index (χ1) is 12.6. The van der Waals surface area contributed by atoms with Gasteiger partial charge in [0, 0.05) is 28.4 Å². The summed E-state index contributed by atoms with van der Waals surface area (Å²) in [5, 5.41) is 12.4. The molecular weight excluding hydrogens is 355 g/mol. The van der Waals surface area contributed by atoms with E-state index in [1.807, 2.05) is 36.4 Å². The Morgan fingerprint density at radius 2 is 1.96 bits per heavy atom. The predicted octanol–water partition coefficient (Wildman–Crippen LogP) is 2.54. The molecule has 0 saturated carbocycles. The van der Waals surface area contributed by atoms with Gasteiger partial charge in [0.05, 0.1) is 0 Å². The number of carboxylic acids is 1. The topological polar surface area (TPSA) is 88.5 Å². The quantitative estimate of drug-likeness (QED) is 0.544. The van der Waals surface area contributed by atoms with Gasteiger partial charge in [-0.15, -0.1) is 0 Å². The van der Waals surface area contributed by atoms with E-state index in [1.165, 1.54) is 0 Å². The van der Waals surface area contributed by atoms with Crippen molar-refractivity contribution in [2.24, 2.45) is 0 Å². The number of amides is 1. The van der Waals surface area contributed by atoms with Crippen molar-refractivity contribution in [2.75, 3.05) is 11.9 Å². The van der Waals surface area contributed by atoms with Crippen LogP contribution < -0.4 is 10.1 Å². The van der Waals surface area contributed by atoms with Crippen molar-refractivity contribution in [1.82, 2.24) is 4.98 Å². The maximum absolute atomic E-state index is 12.3. The van der Waals surface area contributed by atoms with Gasteiger partial charge in [-0.2, -0.15) is 0 Å². The van der Waals surface area contributed by atoms with Crippen LogP contribution in [0.3, 0.4) is 0 Å². The Morgan fingerprint density at radius 3 is 2.78 bits per heavy atom. The number of nitrogens with zero attached hydrogens (tertiary/aromatic N) is 1. The Balaban J connectivity index is 0.00000210. The minimum absolute atomic E-state index is 0. The average molecular weight is 370 g/mol. The molecular formula is C20H15N2NaO4. The average Bonchev–Trinajstić information content (AvgIpc) is 2.96. The molecule has 1 amide bonds. The zero-order valence-electron chi connectivity index (χ0n) is 13.6.